The average molecular weight is 511 g/mol. The first-order valence-electron chi connectivity index (χ1n) is 13.6. The molecule has 0 aliphatic heterocycles. The molecule has 0 amide bonds. The van der Waals surface area contributed by atoms with Gasteiger partial charge in [0.15, 0.2) is 0 Å². The van der Waals surface area contributed by atoms with Crippen molar-refractivity contribution >= 4 is 65.4 Å². The van der Waals surface area contributed by atoms with Crippen LogP contribution in [0.5, 0.6) is 0 Å². The molecule has 0 fully saturated rings. The summed E-state index contributed by atoms with van der Waals surface area (Å²) >= 11 is 0. The summed E-state index contributed by atoms with van der Waals surface area (Å²) in [7, 11) is 0. The van der Waals surface area contributed by atoms with Gasteiger partial charge in [-0.1, -0.05) is 115 Å². The zero-order chi connectivity index (χ0) is 26.2. The molecular formula is C38H22O2. The Hall–Kier alpha value is -5.34. The van der Waals surface area contributed by atoms with E-state index in [0.717, 1.165) is 49.4 Å². The van der Waals surface area contributed by atoms with Crippen LogP contribution >= 0.6 is 0 Å². The summed E-state index contributed by atoms with van der Waals surface area (Å²) in [4.78, 5) is 0. The van der Waals surface area contributed by atoms with Gasteiger partial charge in [0.05, 0.1) is 5.39 Å². The predicted octanol–water partition coefficient (Wildman–Crippen LogP) is 11.1. The van der Waals surface area contributed by atoms with Gasteiger partial charge in [-0.15, -0.1) is 0 Å². The predicted molar refractivity (Wildman–Crippen MR) is 167 cm³/mol. The summed E-state index contributed by atoms with van der Waals surface area (Å²) < 4.78 is 13.1. The number of rotatable bonds is 2. The van der Waals surface area contributed by atoms with Gasteiger partial charge in [-0.05, 0) is 50.9 Å². The second-order valence-electron chi connectivity index (χ2n) is 10.4. The van der Waals surface area contributed by atoms with Crippen molar-refractivity contribution in [3.8, 4) is 22.3 Å². The van der Waals surface area contributed by atoms with Crippen LogP contribution in [0.25, 0.3) is 87.7 Å². The highest BCUT2D eigenvalue weighted by atomic mass is 16.3. The van der Waals surface area contributed by atoms with Crippen molar-refractivity contribution in [1.29, 1.82) is 0 Å². The highest BCUT2D eigenvalue weighted by Gasteiger charge is 2.21. The van der Waals surface area contributed by atoms with Gasteiger partial charge in [0.1, 0.15) is 22.3 Å². The van der Waals surface area contributed by atoms with Crippen LogP contribution in [0.3, 0.4) is 0 Å². The van der Waals surface area contributed by atoms with Crippen molar-refractivity contribution < 1.29 is 8.83 Å². The maximum atomic E-state index is 6.87. The summed E-state index contributed by atoms with van der Waals surface area (Å²) in [6, 6.07) is 47.1. The molecule has 0 saturated heterocycles. The third-order valence-corrected chi connectivity index (χ3v) is 8.27. The summed E-state index contributed by atoms with van der Waals surface area (Å²) in [5.74, 6) is 0. The molecule has 0 N–H and O–H groups in total. The zero-order valence-electron chi connectivity index (χ0n) is 21.5. The maximum Gasteiger partial charge on any atom is 0.147 e. The second kappa shape index (κ2) is 8.08. The largest absolute Gasteiger partial charge is 0.456 e. The molecule has 0 spiro atoms. The lowest BCUT2D eigenvalue weighted by molar-refractivity contribution is 0.663. The van der Waals surface area contributed by atoms with Crippen LogP contribution in [0.2, 0.25) is 0 Å². The quantitative estimate of drug-likeness (QED) is 0.216. The van der Waals surface area contributed by atoms with Crippen molar-refractivity contribution in [1.82, 2.24) is 0 Å². The molecule has 0 radical (unpaired) electrons. The third-order valence-electron chi connectivity index (χ3n) is 8.27. The third kappa shape index (κ3) is 2.88. The van der Waals surface area contributed by atoms with Gasteiger partial charge in [-0.25, -0.2) is 0 Å². The van der Waals surface area contributed by atoms with Gasteiger partial charge >= 0.3 is 0 Å². The fourth-order valence-corrected chi connectivity index (χ4v) is 6.60. The van der Waals surface area contributed by atoms with Crippen LogP contribution in [0.15, 0.2) is 142 Å². The molecule has 40 heavy (non-hydrogen) atoms. The van der Waals surface area contributed by atoms with Crippen LogP contribution < -0.4 is 0 Å². The van der Waals surface area contributed by atoms with Crippen LogP contribution in [0, 0.1) is 0 Å². The van der Waals surface area contributed by atoms with Crippen molar-refractivity contribution in [3.05, 3.63) is 133 Å². The molecule has 9 rings (SSSR count). The average Bonchev–Trinajstić information content (AvgIpc) is 3.59. The Balaban J connectivity index is 1.45. The van der Waals surface area contributed by atoms with E-state index in [1.165, 1.54) is 38.2 Å². The Morgan fingerprint density at radius 1 is 0.325 bits per heavy atom. The number of hydrogen-bond donors (Lipinski definition) is 0. The monoisotopic (exact) mass is 510 g/mol. The number of furan rings is 2. The molecule has 0 unspecified atom stereocenters. The highest BCUT2D eigenvalue weighted by molar-refractivity contribution is 6.26. The van der Waals surface area contributed by atoms with E-state index in [4.69, 9.17) is 8.83 Å². The molecule has 186 valence electrons. The minimum Gasteiger partial charge on any atom is -0.456 e. The van der Waals surface area contributed by atoms with Crippen molar-refractivity contribution in [2.45, 2.75) is 0 Å². The van der Waals surface area contributed by atoms with E-state index < -0.39 is 0 Å². The van der Waals surface area contributed by atoms with Gasteiger partial charge in [0.25, 0.3) is 0 Å². The Kier molecular flexibility index (Phi) is 4.36. The van der Waals surface area contributed by atoms with Crippen LogP contribution in [0.4, 0.5) is 0 Å². The second-order valence-corrected chi connectivity index (χ2v) is 10.4. The van der Waals surface area contributed by atoms with E-state index in [-0.39, 0.29) is 0 Å². The Bertz CT molecular complexity index is 2370. The first-order valence-corrected chi connectivity index (χ1v) is 13.6. The summed E-state index contributed by atoms with van der Waals surface area (Å²) in [6.45, 7) is 0. The van der Waals surface area contributed by atoms with Crippen LogP contribution in [-0.4, -0.2) is 0 Å². The molecular weight excluding hydrogens is 488 g/mol. The van der Waals surface area contributed by atoms with E-state index in [9.17, 15) is 0 Å². The standard InChI is InChI=1S/C38H22O2/c1-2-11-23(12-3-1)34-24-13-4-6-15-26(24)35(27-16-7-5-14-25(27)34)31-19-10-18-28-29-21-22-33-36(38(29)40-37(28)31)30-17-8-9-20-32(30)39-33/h1-22H. The number of para-hydroxylation sites is 2. The molecule has 0 aliphatic carbocycles. The molecule has 7 aromatic carbocycles. The number of benzene rings is 7. The Labute approximate surface area is 229 Å². The zero-order valence-corrected chi connectivity index (χ0v) is 21.5. The summed E-state index contributed by atoms with van der Waals surface area (Å²) in [6.07, 6.45) is 0. The molecule has 0 aliphatic rings. The molecule has 9 aromatic rings. The normalized spacial score (nSPS) is 12.0. The van der Waals surface area contributed by atoms with Gasteiger partial charge in [0.2, 0.25) is 0 Å². The smallest absolute Gasteiger partial charge is 0.147 e. The minimum absolute atomic E-state index is 0.845. The maximum absolute atomic E-state index is 6.87. The van der Waals surface area contributed by atoms with Crippen molar-refractivity contribution in [2.75, 3.05) is 0 Å². The molecule has 0 bridgehead atoms. The highest BCUT2D eigenvalue weighted by Crippen LogP contribution is 2.47. The van der Waals surface area contributed by atoms with Crippen LogP contribution in [-0.2, 0) is 0 Å². The molecule has 2 heterocycles. The molecule has 2 heteroatoms. The van der Waals surface area contributed by atoms with Gasteiger partial charge in [0, 0.05) is 27.3 Å². The van der Waals surface area contributed by atoms with Crippen molar-refractivity contribution in [2.24, 2.45) is 0 Å². The molecule has 2 nitrogen and oxygen atoms in total. The van der Waals surface area contributed by atoms with E-state index >= 15 is 0 Å². The van der Waals surface area contributed by atoms with Gasteiger partial charge in [-0.3, -0.25) is 0 Å². The summed E-state index contributed by atoms with van der Waals surface area (Å²) in [5.41, 5.74) is 8.27. The first-order chi connectivity index (χ1) is 19.9. The molecule has 2 aromatic heterocycles. The van der Waals surface area contributed by atoms with Gasteiger partial charge in [-0.2, -0.15) is 0 Å². The Morgan fingerprint density at radius 2 is 0.900 bits per heavy atom. The topological polar surface area (TPSA) is 26.3 Å². The van der Waals surface area contributed by atoms with E-state index in [1.807, 2.05) is 12.1 Å². The Morgan fingerprint density at radius 3 is 1.62 bits per heavy atom. The molecule has 0 saturated carbocycles. The van der Waals surface area contributed by atoms with E-state index in [2.05, 4.69) is 121 Å². The molecule has 0 atom stereocenters. The number of fused-ring (bicyclic) bond motifs is 9. The van der Waals surface area contributed by atoms with Crippen molar-refractivity contribution in [3.63, 3.8) is 0 Å². The van der Waals surface area contributed by atoms with E-state index in [1.54, 1.807) is 0 Å². The van der Waals surface area contributed by atoms with Gasteiger partial charge < -0.3 is 8.83 Å². The fraction of sp³-hybridized carbons (Fsp3) is 0. The SMILES string of the molecule is c1ccc(-c2c3ccccc3c(-c3cccc4c3oc3c4ccc4oc5ccccc5c43)c3ccccc23)cc1. The fourth-order valence-electron chi connectivity index (χ4n) is 6.60. The lowest BCUT2D eigenvalue weighted by Crippen LogP contribution is -1.90. The minimum atomic E-state index is 0.845. The number of hydrogen-bond acceptors (Lipinski definition) is 2. The lowest BCUT2D eigenvalue weighted by atomic mass is 9.85. The lowest BCUT2D eigenvalue weighted by Gasteiger charge is -2.17. The van der Waals surface area contributed by atoms with E-state index in [0.29, 0.717) is 0 Å². The summed E-state index contributed by atoms with van der Waals surface area (Å²) in [5, 5.41) is 9.22. The van der Waals surface area contributed by atoms with Crippen LogP contribution in [0.1, 0.15) is 0 Å². The first kappa shape index (κ1) is 21.6.